The van der Waals surface area contributed by atoms with Crippen LogP contribution in [0.25, 0.3) is 0 Å². The van der Waals surface area contributed by atoms with Crippen molar-refractivity contribution in [3.05, 3.63) is 29.3 Å². The van der Waals surface area contributed by atoms with Crippen molar-refractivity contribution in [2.75, 3.05) is 6.54 Å². The molecule has 1 atom stereocenters. The molecule has 0 amide bonds. The second kappa shape index (κ2) is 4.67. The summed E-state index contributed by atoms with van der Waals surface area (Å²) >= 11 is 0. The first-order valence-corrected chi connectivity index (χ1v) is 5.86. The van der Waals surface area contributed by atoms with Crippen molar-refractivity contribution in [2.45, 2.75) is 38.6 Å². The lowest BCUT2D eigenvalue weighted by molar-refractivity contribution is 0.409. The Kier molecular flexibility index (Phi) is 3.27. The maximum Gasteiger partial charge on any atom is 0.116 e. The van der Waals surface area contributed by atoms with Crippen LogP contribution in [-0.2, 0) is 6.42 Å². The van der Waals surface area contributed by atoms with Crippen molar-refractivity contribution in [1.82, 2.24) is 5.32 Å². The highest BCUT2D eigenvalue weighted by Crippen LogP contribution is 2.27. The molecule has 2 heteroatoms. The summed E-state index contributed by atoms with van der Waals surface area (Å²) in [4.78, 5) is 0. The van der Waals surface area contributed by atoms with Crippen LogP contribution < -0.4 is 5.32 Å². The minimum absolute atomic E-state index is 0.400. The molecule has 0 saturated carbocycles. The summed E-state index contributed by atoms with van der Waals surface area (Å²) in [5.41, 5.74) is 2.46. The first-order chi connectivity index (χ1) is 7.29. The maximum atomic E-state index is 9.63. The van der Waals surface area contributed by atoms with Crippen LogP contribution in [0.5, 0.6) is 5.75 Å². The largest absolute Gasteiger partial charge is 0.508 e. The van der Waals surface area contributed by atoms with Gasteiger partial charge in [-0.1, -0.05) is 19.4 Å². The molecule has 2 rings (SSSR count). The quantitative estimate of drug-likeness (QED) is 0.778. The van der Waals surface area contributed by atoms with Gasteiger partial charge in [0, 0.05) is 6.04 Å². The number of benzene rings is 1. The lowest BCUT2D eigenvalue weighted by atomic mass is 9.95. The fraction of sp³-hybridized carbons (Fsp3) is 0.538. The summed E-state index contributed by atoms with van der Waals surface area (Å²) in [7, 11) is 0. The zero-order chi connectivity index (χ0) is 10.7. The van der Waals surface area contributed by atoms with Gasteiger partial charge in [-0.3, -0.25) is 0 Å². The van der Waals surface area contributed by atoms with E-state index in [1.54, 1.807) is 0 Å². The van der Waals surface area contributed by atoms with Gasteiger partial charge in [0.25, 0.3) is 0 Å². The topological polar surface area (TPSA) is 32.3 Å². The molecule has 1 saturated heterocycles. The Labute approximate surface area is 91.3 Å². The Bertz CT molecular complexity index is 329. The van der Waals surface area contributed by atoms with Gasteiger partial charge in [0.2, 0.25) is 0 Å². The van der Waals surface area contributed by atoms with Gasteiger partial charge >= 0.3 is 0 Å². The summed E-state index contributed by atoms with van der Waals surface area (Å²) < 4.78 is 0. The minimum atomic E-state index is 0.400. The number of rotatable bonds is 2. The standard InChI is InChI=1S/C13H19NO/c1-2-10-7-11(9-12(15)8-10)13-5-3-4-6-14-13/h7-9,13-15H,2-6H2,1H3. The number of hydrogen-bond acceptors (Lipinski definition) is 2. The molecule has 0 aliphatic carbocycles. The van der Waals surface area contributed by atoms with Crippen LogP contribution in [0.1, 0.15) is 43.4 Å². The van der Waals surface area contributed by atoms with E-state index in [1.807, 2.05) is 12.1 Å². The average molecular weight is 205 g/mol. The zero-order valence-electron chi connectivity index (χ0n) is 9.29. The van der Waals surface area contributed by atoms with Crippen LogP contribution in [-0.4, -0.2) is 11.7 Å². The first kappa shape index (κ1) is 10.5. The molecule has 0 aromatic heterocycles. The average Bonchev–Trinajstić information content (AvgIpc) is 2.29. The molecule has 1 unspecified atom stereocenters. The van der Waals surface area contributed by atoms with Crippen LogP contribution in [0, 0.1) is 0 Å². The number of phenolic OH excluding ortho intramolecular Hbond substituents is 1. The van der Waals surface area contributed by atoms with Gasteiger partial charge in [-0.2, -0.15) is 0 Å². The highest BCUT2D eigenvalue weighted by molar-refractivity contribution is 5.35. The first-order valence-electron chi connectivity index (χ1n) is 5.86. The molecular formula is C13H19NO. The van der Waals surface area contributed by atoms with Crippen LogP contribution in [0.2, 0.25) is 0 Å². The molecule has 1 aliphatic rings. The Hall–Kier alpha value is -1.02. The lowest BCUT2D eigenvalue weighted by Gasteiger charge is -2.24. The molecule has 15 heavy (non-hydrogen) atoms. The zero-order valence-corrected chi connectivity index (χ0v) is 9.29. The van der Waals surface area contributed by atoms with Crippen LogP contribution in [0.3, 0.4) is 0 Å². The van der Waals surface area contributed by atoms with E-state index in [9.17, 15) is 5.11 Å². The highest BCUT2D eigenvalue weighted by Gasteiger charge is 2.15. The Morgan fingerprint density at radius 2 is 2.20 bits per heavy atom. The van der Waals surface area contributed by atoms with Crippen molar-refractivity contribution in [2.24, 2.45) is 0 Å². The summed E-state index contributed by atoms with van der Waals surface area (Å²) in [6, 6.07) is 6.40. The van der Waals surface area contributed by atoms with Crippen molar-refractivity contribution in [3.8, 4) is 5.75 Å². The molecule has 0 spiro atoms. The molecule has 2 nitrogen and oxygen atoms in total. The van der Waals surface area contributed by atoms with E-state index in [2.05, 4.69) is 18.3 Å². The van der Waals surface area contributed by atoms with E-state index in [4.69, 9.17) is 0 Å². The second-order valence-corrected chi connectivity index (χ2v) is 4.29. The normalized spacial score (nSPS) is 21.5. The van der Waals surface area contributed by atoms with Crippen molar-refractivity contribution < 1.29 is 5.11 Å². The van der Waals surface area contributed by atoms with Crippen LogP contribution in [0.15, 0.2) is 18.2 Å². The summed E-state index contributed by atoms with van der Waals surface area (Å²) in [6.07, 6.45) is 4.73. The van der Waals surface area contributed by atoms with Gasteiger partial charge in [-0.25, -0.2) is 0 Å². The highest BCUT2D eigenvalue weighted by atomic mass is 16.3. The summed E-state index contributed by atoms with van der Waals surface area (Å²) in [6.45, 7) is 3.22. The van der Waals surface area contributed by atoms with Gasteiger partial charge in [0.15, 0.2) is 0 Å². The van der Waals surface area contributed by atoms with Gasteiger partial charge in [0.1, 0.15) is 5.75 Å². The smallest absolute Gasteiger partial charge is 0.116 e. The monoisotopic (exact) mass is 205 g/mol. The van der Waals surface area contributed by atoms with Crippen LogP contribution in [0.4, 0.5) is 0 Å². The van der Waals surface area contributed by atoms with Gasteiger partial charge < -0.3 is 10.4 Å². The predicted octanol–water partition coefficient (Wildman–Crippen LogP) is 2.77. The van der Waals surface area contributed by atoms with Gasteiger partial charge in [-0.15, -0.1) is 0 Å². The van der Waals surface area contributed by atoms with E-state index < -0.39 is 0 Å². The molecule has 0 bridgehead atoms. The molecular weight excluding hydrogens is 186 g/mol. The van der Waals surface area contributed by atoms with Crippen molar-refractivity contribution in [1.29, 1.82) is 0 Å². The third kappa shape index (κ3) is 2.51. The number of aryl methyl sites for hydroxylation is 1. The van der Waals surface area contributed by atoms with E-state index >= 15 is 0 Å². The molecule has 0 radical (unpaired) electrons. The van der Waals surface area contributed by atoms with E-state index in [-0.39, 0.29) is 0 Å². The maximum absolute atomic E-state index is 9.63. The summed E-state index contributed by atoms with van der Waals surface area (Å²) in [5.74, 6) is 0.400. The number of piperidine rings is 1. The van der Waals surface area contributed by atoms with Gasteiger partial charge in [0.05, 0.1) is 0 Å². The molecule has 1 fully saturated rings. The number of phenols is 1. The lowest BCUT2D eigenvalue weighted by Crippen LogP contribution is -2.26. The molecule has 1 aromatic rings. The second-order valence-electron chi connectivity index (χ2n) is 4.29. The molecule has 1 aromatic carbocycles. The van der Waals surface area contributed by atoms with E-state index in [1.165, 1.54) is 30.4 Å². The molecule has 1 heterocycles. The van der Waals surface area contributed by atoms with Crippen LogP contribution >= 0.6 is 0 Å². The minimum Gasteiger partial charge on any atom is -0.508 e. The fourth-order valence-corrected chi connectivity index (χ4v) is 2.24. The number of hydrogen-bond donors (Lipinski definition) is 2. The van der Waals surface area contributed by atoms with Crippen molar-refractivity contribution in [3.63, 3.8) is 0 Å². The Morgan fingerprint density at radius 3 is 2.87 bits per heavy atom. The number of aromatic hydroxyl groups is 1. The SMILES string of the molecule is CCc1cc(O)cc(C2CCCCN2)c1. The van der Waals surface area contributed by atoms with E-state index in [0.29, 0.717) is 11.8 Å². The fourth-order valence-electron chi connectivity index (χ4n) is 2.24. The Morgan fingerprint density at radius 1 is 1.33 bits per heavy atom. The molecule has 1 aliphatic heterocycles. The van der Waals surface area contributed by atoms with E-state index in [0.717, 1.165) is 13.0 Å². The number of nitrogens with one attached hydrogen (secondary N) is 1. The van der Waals surface area contributed by atoms with Gasteiger partial charge in [-0.05, 0) is 49.1 Å². The van der Waals surface area contributed by atoms with Crippen molar-refractivity contribution >= 4 is 0 Å². The molecule has 2 N–H and O–H groups in total. The Balaban J connectivity index is 2.22. The molecule has 82 valence electrons. The third-order valence-electron chi connectivity index (χ3n) is 3.12. The summed E-state index contributed by atoms with van der Waals surface area (Å²) in [5, 5.41) is 13.1. The predicted molar refractivity (Wildman–Crippen MR) is 62.1 cm³/mol. The third-order valence-corrected chi connectivity index (χ3v) is 3.12.